The fourth-order valence-electron chi connectivity index (χ4n) is 3.22. The number of rotatable bonds is 3. The van der Waals surface area contributed by atoms with Crippen LogP contribution in [0, 0.1) is 27.7 Å². The molecule has 0 saturated heterocycles. The Labute approximate surface area is 153 Å². The highest BCUT2D eigenvalue weighted by molar-refractivity contribution is 9.10. The molecule has 0 saturated carbocycles. The second kappa shape index (κ2) is 6.82. The minimum absolute atomic E-state index is 1.09. The quantitative estimate of drug-likeness (QED) is 0.466. The van der Waals surface area contributed by atoms with Crippen LogP contribution in [0.5, 0.6) is 0 Å². The molecule has 0 radical (unpaired) electrons. The van der Waals surface area contributed by atoms with Gasteiger partial charge in [-0.3, -0.25) is 0 Å². The van der Waals surface area contributed by atoms with Crippen molar-refractivity contribution in [3.8, 4) is 0 Å². The number of hydrogen-bond acceptors (Lipinski definition) is 1. The summed E-state index contributed by atoms with van der Waals surface area (Å²) in [5.41, 5.74) is 8.74. The van der Waals surface area contributed by atoms with Crippen LogP contribution in [0.3, 0.4) is 0 Å². The highest BCUT2D eigenvalue weighted by Crippen LogP contribution is 2.39. The first-order valence-electron chi connectivity index (χ1n) is 8.16. The summed E-state index contributed by atoms with van der Waals surface area (Å²) in [6, 6.07) is 21.7. The van der Waals surface area contributed by atoms with Crippen LogP contribution in [0.1, 0.15) is 22.3 Å². The molecular formula is C22H22BrN. The van der Waals surface area contributed by atoms with Crippen molar-refractivity contribution in [3.05, 3.63) is 87.4 Å². The van der Waals surface area contributed by atoms with Crippen LogP contribution >= 0.6 is 15.9 Å². The zero-order valence-corrected chi connectivity index (χ0v) is 16.2. The smallest absolute Gasteiger partial charge is 0.0520 e. The van der Waals surface area contributed by atoms with E-state index in [9.17, 15) is 0 Å². The minimum Gasteiger partial charge on any atom is -0.310 e. The molecule has 1 nitrogen and oxygen atoms in total. The number of nitrogens with zero attached hydrogens (tertiary/aromatic N) is 1. The van der Waals surface area contributed by atoms with Gasteiger partial charge in [0, 0.05) is 15.8 Å². The van der Waals surface area contributed by atoms with Gasteiger partial charge in [-0.05, 0) is 75.2 Å². The van der Waals surface area contributed by atoms with Gasteiger partial charge in [0.25, 0.3) is 0 Å². The highest BCUT2D eigenvalue weighted by Gasteiger charge is 2.17. The van der Waals surface area contributed by atoms with Gasteiger partial charge in [0.2, 0.25) is 0 Å². The molecule has 3 aromatic rings. The molecular weight excluding hydrogens is 358 g/mol. The molecule has 0 aliphatic carbocycles. The molecule has 0 atom stereocenters. The molecule has 24 heavy (non-hydrogen) atoms. The minimum atomic E-state index is 1.09. The molecule has 0 fully saturated rings. The van der Waals surface area contributed by atoms with E-state index in [1.165, 1.54) is 33.6 Å². The van der Waals surface area contributed by atoms with E-state index in [2.05, 4.69) is 109 Å². The first-order chi connectivity index (χ1) is 11.5. The number of halogens is 1. The third-order valence-electron chi connectivity index (χ3n) is 4.24. The molecule has 2 heteroatoms. The molecule has 3 rings (SSSR count). The standard InChI is InChI=1S/C22H22BrN/c1-15-5-9-20(10-6-15)24(21-11-7-19(23)8-12-21)22-17(3)13-16(2)14-18(22)4/h5-14H,1-4H3. The molecule has 0 aliphatic heterocycles. The van der Waals surface area contributed by atoms with E-state index in [-0.39, 0.29) is 0 Å². The Bertz CT molecular complexity index is 780. The molecule has 0 spiro atoms. The van der Waals surface area contributed by atoms with Crippen molar-refractivity contribution in [2.75, 3.05) is 4.90 Å². The maximum absolute atomic E-state index is 3.54. The maximum Gasteiger partial charge on any atom is 0.0520 e. The van der Waals surface area contributed by atoms with Crippen LogP contribution in [-0.4, -0.2) is 0 Å². The summed E-state index contributed by atoms with van der Waals surface area (Å²) < 4.78 is 1.09. The van der Waals surface area contributed by atoms with Crippen molar-refractivity contribution in [1.82, 2.24) is 0 Å². The van der Waals surface area contributed by atoms with Crippen LogP contribution < -0.4 is 4.90 Å². The molecule has 0 amide bonds. The van der Waals surface area contributed by atoms with Crippen LogP contribution in [0.4, 0.5) is 17.1 Å². The van der Waals surface area contributed by atoms with E-state index < -0.39 is 0 Å². The van der Waals surface area contributed by atoms with E-state index in [0.29, 0.717) is 0 Å². The van der Waals surface area contributed by atoms with Gasteiger partial charge < -0.3 is 4.90 Å². The van der Waals surface area contributed by atoms with Crippen molar-refractivity contribution >= 4 is 33.0 Å². The normalized spacial score (nSPS) is 10.7. The van der Waals surface area contributed by atoms with Crippen LogP contribution in [0.25, 0.3) is 0 Å². The first-order valence-corrected chi connectivity index (χ1v) is 8.95. The van der Waals surface area contributed by atoms with E-state index in [4.69, 9.17) is 0 Å². The Balaban J connectivity index is 2.22. The third-order valence-corrected chi connectivity index (χ3v) is 4.76. The molecule has 0 unspecified atom stereocenters. The number of anilines is 3. The number of aryl methyl sites for hydroxylation is 4. The van der Waals surface area contributed by atoms with Gasteiger partial charge in [0.15, 0.2) is 0 Å². The lowest BCUT2D eigenvalue weighted by Gasteiger charge is -2.29. The summed E-state index contributed by atoms with van der Waals surface area (Å²) in [4.78, 5) is 2.34. The summed E-state index contributed by atoms with van der Waals surface area (Å²) in [5.74, 6) is 0. The predicted octanol–water partition coefficient (Wildman–Crippen LogP) is 7.15. The summed E-state index contributed by atoms with van der Waals surface area (Å²) >= 11 is 3.54. The highest BCUT2D eigenvalue weighted by atomic mass is 79.9. The Kier molecular flexibility index (Phi) is 4.77. The molecule has 0 heterocycles. The molecule has 0 aliphatic rings. The maximum atomic E-state index is 3.54. The fraction of sp³-hybridized carbons (Fsp3) is 0.182. The lowest BCUT2D eigenvalue weighted by molar-refractivity contribution is 1.20. The largest absolute Gasteiger partial charge is 0.310 e. The predicted molar refractivity (Wildman–Crippen MR) is 108 cm³/mol. The zero-order chi connectivity index (χ0) is 17.3. The average molecular weight is 380 g/mol. The molecule has 0 N–H and O–H groups in total. The molecule has 3 aromatic carbocycles. The van der Waals surface area contributed by atoms with E-state index in [1.54, 1.807) is 0 Å². The molecule has 0 aromatic heterocycles. The molecule has 0 bridgehead atoms. The Morgan fingerprint density at radius 1 is 0.625 bits per heavy atom. The lowest BCUT2D eigenvalue weighted by atomic mass is 10.0. The summed E-state index contributed by atoms with van der Waals surface area (Å²) in [6.07, 6.45) is 0. The van der Waals surface area contributed by atoms with Crippen molar-refractivity contribution in [2.45, 2.75) is 27.7 Å². The van der Waals surface area contributed by atoms with Gasteiger partial charge >= 0.3 is 0 Å². The van der Waals surface area contributed by atoms with Gasteiger partial charge in [0.1, 0.15) is 0 Å². The topological polar surface area (TPSA) is 3.24 Å². The third kappa shape index (κ3) is 3.39. The van der Waals surface area contributed by atoms with Crippen molar-refractivity contribution in [1.29, 1.82) is 0 Å². The SMILES string of the molecule is Cc1ccc(N(c2ccc(Br)cc2)c2c(C)cc(C)cc2C)cc1. The average Bonchev–Trinajstić information content (AvgIpc) is 2.53. The monoisotopic (exact) mass is 379 g/mol. The van der Waals surface area contributed by atoms with E-state index >= 15 is 0 Å². The van der Waals surface area contributed by atoms with Gasteiger partial charge in [-0.2, -0.15) is 0 Å². The Morgan fingerprint density at radius 2 is 1.08 bits per heavy atom. The second-order valence-electron chi connectivity index (χ2n) is 6.39. The molecule has 122 valence electrons. The second-order valence-corrected chi connectivity index (χ2v) is 7.31. The van der Waals surface area contributed by atoms with Gasteiger partial charge in [0.05, 0.1) is 5.69 Å². The van der Waals surface area contributed by atoms with Gasteiger partial charge in [-0.1, -0.05) is 51.3 Å². The zero-order valence-electron chi connectivity index (χ0n) is 14.6. The van der Waals surface area contributed by atoms with Crippen LogP contribution in [0.15, 0.2) is 65.1 Å². The summed E-state index contributed by atoms with van der Waals surface area (Å²) in [5, 5.41) is 0. The first kappa shape index (κ1) is 16.8. The van der Waals surface area contributed by atoms with Crippen molar-refractivity contribution in [2.24, 2.45) is 0 Å². The van der Waals surface area contributed by atoms with E-state index in [1.807, 2.05) is 0 Å². The van der Waals surface area contributed by atoms with Crippen LogP contribution in [-0.2, 0) is 0 Å². The van der Waals surface area contributed by atoms with Crippen molar-refractivity contribution in [3.63, 3.8) is 0 Å². The summed E-state index contributed by atoms with van der Waals surface area (Å²) in [7, 11) is 0. The van der Waals surface area contributed by atoms with Gasteiger partial charge in [-0.25, -0.2) is 0 Å². The number of hydrogen-bond donors (Lipinski definition) is 0. The van der Waals surface area contributed by atoms with Gasteiger partial charge in [-0.15, -0.1) is 0 Å². The fourth-order valence-corrected chi connectivity index (χ4v) is 3.48. The lowest BCUT2D eigenvalue weighted by Crippen LogP contribution is -2.13. The summed E-state index contributed by atoms with van der Waals surface area (Å²) in [6.45, 7) is 8.65. The van der Waals surface area contributed by atoms with E-state index in [0.717, 1.165) is 10.2 Å². The van der Waals surface area contributed by atoms with Crippen LogP contribution in [0.2, 0.25) is 0 Å². The Hall–Kier alpha value is -2.06. The van der Waals surface area contributed by atoms with Crippen molar-refractivity contribution < 1.29 is 0 Å². The number of benzene rings is 3. The Morgan fingerprint density at radius 3 is 1.58 bits per heavy atom.